The summed E-state index contributed by atoms with van der Waals surface area (Å²) in [5.74, 6) is -0.663. The molecule has 1 aromatic heterocycles. The van der Waals surface area contributed by atoms with Crippen LogP contribution in [0.4, 0.5) is 5.69 Å². The summed E-state index contributed by atoms with van der Waals surface area (Å²) in [5, 5.41) is 0. The van der Waals surface area contributed by atoms with Gasteiger partial charge in [-0.25, -0.2) is 0 Å². The average Bonchev–Trinajstić information content (AvgIpc) is 3.52. The lowest BCUT2D eigenvalue weighted by atomic mass is 10.00. The molecule has 0 bridgehead atoms. The smallest absolute Gasteiger partial charge is 0.279 e. The number of hydrogen-bond donors (Lipinski definition) is 2. The molecule has 30 heavy (non-hydrogen) atoms. The highest BCUT2D eigenvalue weighted by Crippen LogP contribution is 2.33. The van der Waals surface area contributed by atoms with Crippen molar-refractivity contribution in [3.63, 3.8) is 0 Å². The molecule has 1 saturated carbocycles. The maximum Gasteiger partial charge on any atom is 0.279 e. The zero-order valence-electron chi connectivity index (χ0n) is 17.2. The third-order valence-corrected chi connectivity index (χ3v) is 7.01. The summed E-state index contributed by atoms with van der Waals surface area (Å²) in [6.45, 7) is 0. The molecule has 1 aromatic carbocycles. The molecule has 1 fully saturated rings. The summed E-state index contributed by atoms with van der Waals surface area (Å²) in [6.07, 6.45) is 8.64. The molecule has 3 amide bonds. The Kier molecular flexibility index (Phi) is 6.18. The van der Waals surface area contributed by atoms with Crippen LogP contribution in [-0.2, 0) is 17.6 Å². The van der Waals surface area contributed by atoms with Gasteiger partial charge in [-0.2, -0.15) is 0 Å². The van der Waals surface area contributed by atoms with Crippen LogP contribution >= 0.6 is 11.3 Å². The van der Waals surface area contributed by atoms with Gasteiger partial charge in [-0.15, -0.1) is 11.3 Å². The van der Waals surface area contributed by atoms with Gasteiger partial charge in [0.2, 0.25) is 5.91 Å². The molecule has 0 spiro atoms. The standard InChI is InChI=1S/C23H27N3O3S/c1-26(23(29)15-12-13-15)18-10-7-6-9-17(18)21(27)24-25-22(28)20-14-16-8-4-2-3-5-11-19(16)30-20/h6-7,9-10,14-15H,2-5,8,11-13H2,1H3,(H,24,27)(H,25,28). The Hall–Kier alpha value is -2.67. The molecule has 2 aromatic rings. The second-order valence-corrected chi connectivity index (χ2v) is 9.21. The lowest BCUT2D eigenvalue weighted by Crippen LogP contribution is -2.42. The molecule has 4 rings (SSSR count). The van der Waals surface area contributed by atoms with E-state index in [-0.39, 0.29) is 17.7 Å². The number of fused-ring (bicyclic) bond motifs is 1. The topological polar surface area (TPSA) is 78.5 Å². The van der Waals surface area contributed by atoms with Crippen molar-refractivity contribution in [3.05, 3.63) is 51.2 Å². The number of aryl methyl sites for hydroxylation is 2. The number of nitrogens with one attached hydrogen (secondary N) is 2. The fourth-order valence-electron chi connectivity index (χ4n) is 3.88. The number of carbonyl (C=O) groups excluding carboxylic acids is 3. The van der Waals surface area contributed by atoms with Gasteiger partial charge < -0.3 is 4.90 Å². The Morgan fingerprint density at radius 1 is 0.967 bits per heavy atom. The maximum absolute atomic E-state index is 12.7. The Morgan fingerprint density at radius 3 is 2.43 bits per heavy atom. The van der Waals surface area contributed by atoms with Crippen molar-refractivity contribution in [1.82, 2.24) is 10.9 Å². The van der Waals surface area contributed by atoms with Crippen molar-refractivity contribution < 1.29 is 14.4 Å². The monoisotopic (exact) mass is 425 g/mol. The van der Waals surface area contributed by atoms with Crippen LogP contribution in [0.15, 0.2) is 30.3 Å². The van der Waals surface area contributed by atoms with Gasteiger partial charge in [0.15, 0.2) is 0 Å². The van der Waals surface area contributed by atoms with Gasteiger partial charge >= 0.3 is 0 Å². The fraction of sp³-hybridized carbons (Fsp3) is 0.435. The number of para-hydroxylation sites is 1. The van der Waals surface area contributed by atoms with Crippen LogP contribution in [-0.4, -0.2) is 24.8 Å². The van der Waals surface area contributed by atoms with Gasteiger partial charge in [0, 0.05) is 17.8 Å². The summed E-state index contributed by atoms with van der Waals surface area (Å²) < 4.78 is 0. The van der Waals surface area contributed by atoms with E-state index in [1.165, 1.54) is 39.5 Å². The lowest BCUT2D eigenvalue weighted by Gasteiger charge is -2.20. The van der Waals surface area contributed by atoms with Crippen molar-refractivity contribution in [3.8, 4) is 0 Å². The first-order valence-corrected chi connectivity index (χ1v) is 11.4. The summed E-state index contributed by atoms with van der Waals surface area (Å²) >= 11 is 1.52. The third kappa shape index (κ3) is 4.56. The molecule has 2 N–H and O–H groups in total. The van der Waals surface area contributed by atoms with Crippen LogP contribution in [0.5, 0.6) is 0 Å². The quantitative estimate of drug-likeness (QED) is 0.730. The zero-order valence-corrected chi connectivity index (χ0v) is 18.0. The molecule has 2 aliphatic carbocycles. The van der Waals surface area contributed by atoms with Crippen molar-refractivity contribution in [2.45, 2.75) is 51.4 Å². The van der Waals surface area contributed by atoms with E-state index in [0.717, 1.165) is 38.5 Å². The van der Waals surface area contributed by atoms with Gasteiger partial charge in [-0.3, -0.25) is 25.2 Å². The molecule has 0 aliphatic heterocycles. The SMILES string of the molecule is CN(C(=O)C1CC1)c1ccccc1C(=O)NNC(=O)c1cc2c(s1)CCCCCC2. The lowest BCUT2D eigenvalue weighted by molar-refractivity contribution is -0.119. The van der Waals surface area contributed by atoms with Crippen molar-refractivity contribution >= 4 is 34.7 Å². The largest absolute Gasteiger partial charge is 0.314 e. The number of hydrazine groups is 1. The molecule has 0 atom stereocenters. The predicted octanol–water partition coefficient (Wildman–Crippen LogP) is 3.85. The van der Waals surface area contributed by atoms with Crippen LogP contribution in [0.25, 0.3) is 0 Å². The highest BCUT2D eigenvalue weighted by molar-refractivity contribution is 7.14. The average molecular weight is 426 g/mol. The Labute approximate surface area is 180 Å². The number of thiophene rings is 1. The zero-order chi connectivity index (χ0) is 21.1. The fourth-order valence-corrected chi connectivity index (χ4v) is 5.03. The third-order valence-electron chi connectivity index (χ3n) is 5.78. The first kappa shape index (κ1) is 20.6. The minimum absolute atomic E-state index is 0.0234. The van der Waals surface area contributed by atoms with E-state index in [9.17, 15) is 14.4 Å². The molecular weight excluding hydrogens is 398 g/mol. The molecule has 0 radical (unpaired) electrons. The summed E-state index contributed by atoms with van der Waals surface area (Å²) in [5.41, 5.74) is 7.21. The Balaban J connectivity index is 1.42. The van der Waals surface area contributed by atoms with Gasteiger partial charge in [0.25, 0.3) is 11.8 Å². The Bertz CT molecular complexity index is 939. The number of benzene rings is 1. The first-order chi connectivity index (χ1) is 14.5. The van der Waals surface area contributed by atoms with E-state index in [4.69, 9.17) is 0 Å². The van der Waals surface area contributed by atoms with E-state index < -0.39 is 5.91 Å². The number of nitrogens with zero attached hydrogens (tertiary/aromatic N) is 1. The predicted molar refractivity (Wildman–Crippen MR) is 118 cm³/mol. The summed E-state index contributed by atoms with van der Waals surface area (Å²) in [7, 11) is 1.69. The molecular formula is C23H27N3O3S. The second kappa shape index (κ2) is 9.00. The maximum atomic E-state index is 12.7. The van der Waals surface area contributed by atoms with E-state index in [1.807, 2.05) is 6.07 Å². The van der Waals surface area contributed by atoms with Gasteiger partial charge in [0.1, 0.15) is 0 Å². The normalized spacial score (nSPS) is 16.0. The molecule has 0 unspecified atom stereocenters. The van der Waals surface area contributed by atoms with Gasteiger partial charge in [-0.1, -0.05) is 25.0 Å². The highest BCUT2D eigenvalue weighted by Gasteiger charge is 2.33. The molecule has 158 valence electrons. The van der Waals surface area contributed by atoms with Crippen molar-refractivity contribution in [2.75, 3.05) is 11.9 Å². The minimum atomic E-state index is -0.440. The summed E-state index contributed by atoms with van der Waals surface area (Å²) in [4.78, 5) is 41.2. The van der Waals surface area contributed by atoms with E-state index in [2.05, 4.69) is 10.9 Å². The number of carbonyl (C=O) groups is 3. The van der Waals surface area contributed by atoms with Crippen molar-refractivity contribution in [2.24, 2.45) is 5.92 Å². The number of amides is 3. The van der Waals surface area contributed by atoms with Crippen molar-refractivity contribution in [1.29, 1.82) is 0 Å². The number of rotatable bonds is 4. The molecule has 6 nitrogen and oxygen atoms in total. The molecule has 7 heteroatoms. The molecule has 2 aliphatic rings. The van der Waals surface area contributed by atoms with Crippen LogP contribution in [0.3, 0.4) is 0 Å². The first-order valence-electron chi connectivity index (χ1n) is 10.6. The van der Waals surface area contributed by atoms with E-state index in [1.54, 1.807) is 31.3 Å². The van der Waals surface area contributed by atoms with Gasteiger partial charge in [-0.05, 0) is 62.3 Å². The van der Waals surface area contributed by atoms with Crippen LogP contribution in [0.1, 0.15) is 69.0 Å². The van der Waals surface area contributed by atoms with Crippen LogP contribution in [0, 0.1) is 5.92 Å². The van der Waals surface area contributed by atoms with E-state index in [0.29, 0.717) is 16.1 Å². The van der Waals surface area contributed by atoms with E-state index >= 15 is 0 Å². The minimum Gasteiger partial charge on any atom is -0.314 e. The second-order valence-electron chi connectivity index (χ2n) is 8.07. The highest BCUT2D eigenvalue weighted by atomic mass is 32.1. The molecule has 0 saturated heterocycles. The number of anilines is 1. The number of hydrogen-bond acceptors (Lipinski definition) is 4. The van der Waals surface area contributed by atoms with Gasteiger partial charge in [0.05, 0.1) is 16.1 Å². The van der Waals surface area contributed by atoms with Crippen LogP contribution < -0.4 is 15.8 Å². The Morgan fingerprint density at radius 2 is 1.67 bits per heavy atom. The summed E-state index contributed by atoms with van der Waals surface area (Å²) in [6, 6.07) is 8.90. The van der Waals surface area contributed by atoms with Crippen LogP contribution in [0.2, 0.25) is 0 Å². The molecule has 1 heterocycles.